The van der Waals surface area contributed by atoms with E-state index in [1.165, 1.54) is 42.8 Å². The first-order valence-electron chi connectivity index (χ1n) is 9.21. The summed E-state index contributed by atoms with van der Waals surface area (Å²) in [7, 11) is 0. The second-order valence-corrected chi connectivity index (χ2v) is 8.21. The largest absolute Gasteiger partial charge is 1.00 e. The van der Waals surface area contributed by atoms with Gasteiger partial charge in [0.1, 0.15) is 0 Å². The molecule has 3 aromatic carbocycles. The van der Waals surface area contributed by atoms with Gasteiger partial charge in [-0.3, -0.25) is 0 Å². The molecule has 29 heavy (non-hydrogen) atoms. The molecule has 0 radical (unpaired) electrons. The van der Waals surface area contributed by atoms with Crippen molar-refractivity contribution in [3.05, 3.63) is 112 Å². The summed E-state index contributed by atoms with van der Waals surface area (Å²) in [4.78, 5) is 0. The van der Waals surface area contributed by atoms with E-state index < -0.39 is 0 Å². The third-order valence-electron chi connectivity index (χ3n) is 5.56. The number of hydrogen-bond donors (Lipinski definition) is 0. The van der Waals surface area contributed by atoms with E-state index in [2.05, 4.69) is 114 Å². The molecule has 0 aromatic heterocycles. The van der Waals surface area contributed by atoms with Crippen LogP contribution in [0.2, 0.25) is 0 Å². The van der Waals surface area contributed by atoms with Crippen LogP contribution in [0.1, 0.15) is 52.1 Å². The Morgan fingerprint density at radius 3 is 1.72 bits per heavy atom. The molecule has 1 aliphatic rings. The fourth-order valence-corrected chi connectivity index (χ4v) is 4.93. The van der Waals surface area contributed by atoms with E-state index in [0.717, 1.165) is 0 Å². The minimum absolute atomic E-state index is 0. The van der Waals surface area contributed by atoms with Gasteiger partial charge in [-0.2, -0.15) is 0 Å². The van der Waals surface area contributed by atoms with Crippen LogP contribution in [0.3, 0.4) is 0 Å². The van der Waals surface area contributed by atoms with Crippen LogP contribution >= 0.6 is 0 Å². The van der Waals surface area contributed by atoms with Crippen LogP contribution in [0.15, 0.2) is 78.4 Å². The first kappa shape index (κ1) is 26.0. The normalized spacial score (nSPS) is 14.6. The van der Waals surface area contributed by atoms with Crippen molar-refractivity contribution in [3.63, 3.8) is 0 Å². The molecular weight excluding hydrogens is 455 g/mol. The summed E-state index contributed by atoms with van der Waals surface area (Å²) in [5.41, 5.74) is 9.85. The molecule has 0 spiro atoms. The van der Waals surface area contributed by atoms with Gasteiger partial charge in [-0.05, 0) is 0 Å². The smallest absolute Gasteiger partial charge is 1.00 e. The molecule has 4 heteroatoms. The minimum Gasteiger partial charge on any atom is -1.00 e. The van der Waals surface area contributed by atoms with Crippen molar-refractivity contribution in [1.82, 2.24) is 0 Å². The van der Waals surface area contributed by atoms with Gasteiger partial charge in [-0.15, -0.1) is 0 Å². The molecule has 1 aliphatic carbocycles. The molecule has 0 heterocycles. The monoisotopic (exact) mass is 476 g/mol. The first-order chi connectivity index (χ1) is 12.6. The van der Waals surface area contributed by atoms with Gasteiger partial charge >= 0.3 is 169 Å². The first-order valence-corrected chi connectivity index (χ1v) is 9.99. The molecule has 0 N–H and O–H groups in total. The molecule has 1 atom stereocenters. The van der Waals surface area contributed by atoms with Crippen molar-refractivity contribution in [3.8, 4) is 0 Å². The van der Waals surface area contributed by atoms with Gasteiger partial charge in [0, 0.05) is 0 Å². The zero-order chi connectivity index (χ0) is 18.3. The maximum absolute atomic E-state index is 2.36. The predicted octanol–water partition coefficient (Wildman–Crippen LogP) is -2.48. The van der Waals surface area contributed by atoms with Crippen LogP contribution in [-0.4, -0.2) is 0 Å². The third kappa shape index (κ3) is 5.01. The number of halogens is 3. The van der Waals surface area contributed by atoms with Crippen molar-refractivity contribution in [1.29, 1.82) is 0 Å². The van der Waals surface area contributed by atoms with Gasteiger partial charge < -0.3 is 37.2 Å². The fraction of sp³-hybridized carbons (Fsp3) is 0.200. The SMILES string of the molecule is CC1=[C]([Ti+3])c2ccccc2C1C(c1cccc(C)c1)c1cccc(C)c1.[Cl-].[Cl-].[Cl-]. The summed E-state index contributed by atoms with van der Waals surface area (Å²) in [6.07, 6.45) is 0. The Labute approximate surface area is 204 Å². The fourth-order valence-electron chi connectivity index (χ4n) is 4.33. The van der Waals surface area contributed by atoms with E-state index in [0.29, 0.717) is 11.8 Å². The van der Waals surface area contributed by atoms with Crippen LogP contribution in [-0.2, 0) is 20.4 Å². The van der Waals surface area contributed by atoms with Gasteiger partial charge in [0.2, 0.25) is 0 Å². The van der Waals surface area contributed by atoms with Gasteiger partial charge in [0.15, 0.2) is 0 Å². The maximum Gasteiger partial charge on any atom is -1.00 e. The second kappa shape index (κ2) is 10.8. The van der Waals surface area contributed by atoms with E-state index in [4.69, 9.17) is 0 Å². The summed E-state index contributed by atoms with van der Waals surface area (Å²) < 4.78 is 1.44. The molecule has 0 aliphatic heterocycles. The molecule has 0 fully saturated rings. The maximum atomic E-state index is 2.36. The number of aryl methyl sites for hydroxylation is 2. The molecule has 0 saturated carbocycles. The zero-order valence-corrected chi connectivity index (χ0v) is 20.5. The van der Waals surface area contributed by atoms with E-state index in [9.17, 15) is 0 Å². The molecule has 4 rings (SSSR count). The number of benzene rings is 3. The van der Waals surface area contributed by atoms with Crippen molar-refractivity contribution >= 4 is 3.88 Å². The number of fused-ring (bicyclic) bond motifs is 1. The van der Waals surface area contributed by atoms with Crippen LogP contribution in [0.25, 0.3) is 3.88 Å². The average Bonchev–Trinajstić information content (AvgIpc) is 2.88. The van der Waals surface area contributed by atoms with Crippen LogP contribution in [0.5, 0.6) is 0 Å². The second-order valence-electron chi connectivity index (χ2n) is 7.43. The van der Waals surface area contributed by atoms with E-state index >= 15 is 0 Å². The van der Waals surface area contributed by atoms with E-state index in [1.807, 2.05) is 0 Å². The molecule has 3 aromatic rings. The summed E-state index contributed by atoms with van der Waals surface area (Å²) in [6.45, 7) is 6.69. The van der Waals surface area contributed by atoms with E-state index in [1.54, 1.807) is 0 Å². The van der Waals surface area contributed by atoms with E-state index in [-0.39, 0.29) is 37.2 Å². The third-order valence-corrected chi connectivity index (χ3v) is 6.60. The average molecular weight is 478 g/mol. The van der Waals surface area contributed by atoms with Gasteiger partial charge in [0.05, 0.1) is 0 Å². The number of rotatable bonds is 3. The molecule has 1 unspecified atom stereocenters. The molecule has 0 bridgehead atoms. The number of hydrogen-bond acceptors (Lipinski definition) is 0. The Morgan fingerprint density at radius 2 is 1.21 bits per heavy atom. The summed E-state index contributed by atoms with van der Waals surface area (Å²) >= 11 is 2.28. The van der Waals surface area contributed by atoms with Crippen molar-refractivity contribution < 1.29 is 57.7 Å². The zero-order valence-electron chi connectivity index (χ0n) is 16.7. The molecule has 0 amide bonds. The standard InChI is InChI=1S/C25H23.3ClH.Ti/c1-17-8-6-11-21(14-17)25(22-12-7-9-18(2)15-22)24-19(3)16-20-10-4-5-13-23(20)24;;;;/h4-15,24-25H,1-3H3;3*1H;/q;;;;+3/p-3. The molecule has 148 valence electrons. The van der Waals surface area contributed by atoms with Crippen LogP contribution in [0, 0.1) is 13.8 Å². The Morgan fingerprint density at radius 1 is 0.690 bits per heavy atom. The Bertz CT molecular complexity index is 965. The van der Waals surface area contributed by atoms with Crippen molar-refractivity contribution in [2.24, 2.45) is 0 Å². The summed E-state index contributed by atoms with van der Waals surface area (Å²) in [5.74, 6) is 0.739. The molecular formula is C25H23Cl3Ti. The van der Waals surface area contributed by atoms with Crippen molar-refractivity contribution in [2.75, 3.05) is 0 Å². The Hall–Kier alpha value is -1.02. The van der Waals surface area contributed by atoms with Gasteiger partial charge in [-0.25, -0.2) is 0 Å². The minimum atomic E-state index is 0. The summed E-state index contributed by atoms with van der Waals surface area (Å²) in [5, 5.41) is 0. The molecule has 0 saturated heterocycles. The Balaban J connectivity index is 0.00000140. The number of allylic oxidation sites excluding steroid dienone is 1. The van der Waals surface area contributed by atoms with Crippen LogP contribution < -0.4 is 37.2 Å². The quantitative estimate of drug-likeness (QED) is 0.367. The van der Waals surface area contributed by atoms with Crippen molar-refractivity contribution in [2.45, 2.75) is 32.6 Å². The molecule has 0 nitrogen and oxygen atoms in total. The summed E-state index contributed by atoms with van der Waals surface area (Å²) in [6, 6.07) is 27.0. The predicted molar refractivity (Wildman–Crippen MR) is 106 cm³/mol. The van der Waals surface area contributed by atoms with Gasteiger partial charge in [-0.1, -0.05) is 0 Å². The van der Waals surface area contributed by atoms with Crippen LogP contribution in [0.4, 0.5) is 0 Å². The van der Waals surface area contributed by atoms with Gasteiger partial charge in [0.25, 0.3) is 0 Å². The topological polar surface area (TPSA) is 0 Å². The Kier molecular flexibility index (Phi) is 9.73.